The van der Waals surface area contributed by atoms with E-state index in [-0.39, 0.29) is 23.4 Å². The Labute approximate surface area is 162 Å². The molecule has 0 saturated carbocycles. The first kappa shape index (κ1) is 21.0. The number of nitrogens with zero attached hydrogens (tertiary/aromatic N) is 1. The zero-order valence-corrected chi connectivity index (χ0v) is 17.4. The van der Waals surface area contributed by atoms with Gasteiger partial charge >= 0.3 is 0 Å². The van der Waals surface area contributed by atoms with Gasteiger partial charge in [0, 0.05) is 6.04 Å². The number of aryl methyl sites for hydroxylation is 1. The minimum absolute atomic E-state index is 0.0651. The Morgan fingerprint density at radius 2 is 1.52 bits per heavy atom. The lowest BCUT2D eigenvalue weighted by atomic mass is 10.0. The smallest absolute Gasteiger partial charge is 0.264 e. The quantitative estimate of drug-likeness (QED) is 0.784. The van der Waals surface area contributed by atoms with E-state index in [0.717, 1.165) is 11.1 Å². The highest BCUT2D eigenvalue weighted by molar-refractivity contribution is 7.92. The Kier molecular flexibility index (Phi) is 6.65. The van der Waals surface area contributed by atoms with E-state index in [4.69, 9.17) is 0 Å². The average Bonchev–Trinajstić information content (AvgIpc) is 2.59. The fraction of sp³-hybridized carbons (Fsp3) is 0.381. The highest BCUT2D eigenvalue weighted by atomic mass is 32.2. The molecule has 1 N–H and O–H groups in total. The van der Waals surface area contributed by atoms with E-state index in [1.807, 2.05) is 32.9 Å². The van der Waals surface area contributed by atoms with Gasteiger partial charge in [-0.15, -0.1) is 0 Å². The predicted octanol–water partition coefficient (Wildman–Crippen LogP) is 3.84. The van der Waals surface area contributed by atoms with Gasteiger partial charge in [-0.3, -0.25) is 9.10 Å². The molecule has 2 aromatic carbocycles. The summed E-state index contributed by atoms with van der Waals surface area (Å²) in [6, 6.07) is 13.9. The topological polar surface area (TPSA) is 66.5 Å². The van der Waals surface area contributed by atoms with Crippen molar-refractivity contribution in [2.45, 2.75) is 51.5 Å². The Morgan fingerprint density at radius 1 is 0.963 bits per heavy atom. The third kappa shape index (κ3) is 5.32. The van der Waals surface area contributed by atoms with Gasteiger partial charge in [0.05, 0.1) is 10.6 Å². The van der Waals surface area contributed by atoms with Gasteiger partial charge in [-0.25, -0.2) is 8.42 Å². The number of carbonyl (C=O) groups excluding carboxylic acids is 1. The summed E-state index contributed by atoms with van der Waals surface area (Å²) >= 11 is 0. The van der Waals surface area contributed by atoms with Gasteiger partial charge in [0.15, 0.2) is 0 Å². The van der Waals surface area contributed by atoms with Gasteiger partial charge in [0.25, 0.3) is 10.0 Å². The van der Waals surface area contributed by atoms with Crippen LogP contribution in [0.15, 0.2) is 53.4 Å². The zero-order valence-electron chi connectivity index (χ0n) is 16.6. The van der Waals surface area contributed by atoms with Crippen LogP contribution >= 0.6 is 0 Å². The Balaban J connectivity index is 2.45. The minimum atomic E-state index is -3.86. The molecule has 0 unspecified atom stereocenters. The van der Waals surface area contributed by atoms with Crippen LogP contribution in [0.2, 0.25) is 0 Å². The molecular formula is C21H28N2O3S. The minimum Gasteiger partial charge on any atom is -0.352 e. The van der Waals surface area contributed by atoms with Gasteiger partial charge in [0.1, 0.15) is 6.54 Å². The van der Waals surface area contributed by atoms with Crippen LogP contribution in [-0.4, -0.2) is 26.9 Å². The maximum Gasteiger partial charge on any atom is 0.264 e. The molecule has 5 nitrogen and oxygen atoms in total. The normalized spacial score (nSPS) is 11.7. The van der Waals surface area contributed by atoms with Crippen molar-refractivity contribution >= 4 is 21.6 Å². The summed E-state index contributed by atoms with van der Waals surface area (Å²) in [5.41, 5.74) is 2.55. The fourth-order valence-corrected chi connectivity index (χ4v) is 4.10. The summed E-state index contributed by atoms with van der Waals surface area (Å²) in [5.74, 6) is -0.000863. The number of carbonyl (C=O) groups is 1. The maximum atomic E-state index is 13.2. The SMILES string of the molecule is Cc1ccc(S(=O)(=O)N(CC(=O)NC(C)C)c2ccc(C(C)C)cc2)cc1. The highest BCUT2D eigenvalue weighted by Crippen LogP contribution is 2.26. The second-order valence-electron chi connectivity index (χ2n) is 7.29. The van der Waals surface area contributed by atoms with Crippen molar-refractivity contribution in [2.75, 3.05) is 10.8 Å². The molecule has 0 heterocycles. The molecule has 0 atom stereocenters. The molecule has 0 fully saturated rings. The van der Waals surface area contributed by atoms with Gasteiger partial charge < -0.3 is 5.32 Å². The molecule has 0 aliphatic carbocycles. The Bertz CT molecular complexity index is 871. The van der Waals surface area contributed by atoms with E-state index in [0.29, 0.717) is 11.6 Å². The van der Waals surface area contributed by atoms with Crippen molar-refractivity contribution in [1.82, 2.24) is 5.32 Å². The number of hydrogen-bond acceptors (Lipinski definition) is 3. The molecule has 0 spiro atoms. The number of rotatable bonds is 7. The lowest BCUT2D eigenvalue weighted by molar-refractivity contribution is -0.120. The summed E-state index contributed by atoms with van der Waals surface area (Å²) < 4.78 is 27.6. The van der Waals surface area contributed by atoms with Crippen LogP contribution in [0.4, 0.5) is 5.69 Å². The summed E-state index contributed by atoms with van der Waals surface area (Å²) in [4.78, 5) is 12.5. The van der Waals surface area contributed by atoms with Crippen molar-refractivity contribution < 1.29 is 13.2 Å². The van der Waals surface area contributed by atoms with Crippen molar-refractivity contribution in [3.8, 4) is 0 Å². The summed E-state index contributed by atoms with van der Waals surface area (Å²) in [6.45, 7) is 9.46. The Morgan fingerprint density at radius 3 is 2.00 bits per heavy atom. The second-order valence-corrected chi connectivity index (χ2v) is 9.16. The Hall–Kier alpha value is -2.34. The van der Waals surface area contributed by atoms with Crippen molar-refractivity contribution in [2.24, 2.45) is 0 Å². The van der Waals surface area contributed by atoms with E-state index < -0.39 is 10.0 Å². The number of benzene rings is 2. The molecule has 1 amide bonds. The lowest BCUT2D eigenvalue weighted by Crippen LogP contribution is -2.42. The number of hydrogen-bond donors (Lipinski definition) is 1. The van der Waals surface area contributed by atoms with E-state index in [1.165, 1.54) is 4.31 Å². The van der Waals surface area contributed by atoms with Gasteiger partial charge in [0.2, 0.25) is 5.91 Å². The van der Waals surface area contributed by atoms with Crippen LogP contribution < -0.4 is 9.62 Å². The average molecular weight is 389 g/mol. The maximum absolute atomic E-state index is 13.2. The first-order valence-electron chi connectivity index (χ1n) is 9.10. The molecule has 2 aromatic rings. The highest BCUT2D eigenvalue weighted by Gasteiger charge is 2.27. The first-order chi connectivity index (χ1) is 12.6. The van der Waals surface area contributed by atoms with Gasteiger partial charge in [-0.1, -0.05) is 43.7 Å². The van der Waals surface area contributed by atoms with E-state index >= 15 is 0 Å². The van der Waals surface area contributed by atoms with E-state index in [1.54, 1.807) is 36.4 Å². The van der Waals surface area contributed by atoms with Crippen LogP contribution in [0.1, 0.15) is 44.7 Å². The van der Waals surface area contributed by atoms with Crippen molar-refractivity contribution in [1.29, 1.82) is 0 Å². The standard InChI is InChI=1S/C21H28N2O3S/c1-15(2)18-8-10-19(11-9-18)23(14-21(24)22-16(3)4)27(25,26)20-12-6-17(5)7-13-20/h6-13,15-16H,14H2,1-5H3,(H,22,24). The molecular weight excluding hydrogens is 360 g/mol. The zero-order chi connectivity index (χ0) is 20.2. The van der Waals surface area contributed by atoms with Crippen LogP contribution in [0.25, 0.3) is 0 Å². The van der Waals surface area contributed by atoms with Crippen LogP contribution in [-0.2, 0) is 14.8 Å². The van der Waals surface area contributed by atoms with Crippen LogP contribution in [0, 0.1) is 6.92 Å². The number of amides is 1. The summed E-state index contributed by atoms with van der Waals surface area (Å²) in [5, 5.41) is 2.76. The largest absolute Gasteiger partial charge is 0.352 e. The molecule has 0 radical (unpaired) electrons. The van der Waals surface area contributed by atoms with Crippen molar-refractivity contribution in [3.05, 3.63) is 59.7 Å². The molecule has 0 aromatic heterocycles. The summed E-state index contributed by atoms with van der Waals surface area (Å²) in [7, 11) is -3.86. The lowest BCUT2D eigenvalue weighted by Gasteiger charge is -2.25. The summed E-state index contributed by atoms with van der Waals surface area (Å²) in [6.07, 6.45) is 0. The molecule has 146 valence electrons. The second kappa shape index (κ2) is 8.57. The number of sulfonamides is 1. The molecule has 27 heavy (non-hydrogen) atoms. The third-order valence-corrected chi connectivity index (χ3v) is 5.98. The van der Waals surface area contributed by atoms with E-state index in [9.17, 15) is 13.2 Å². The number of nitrogens with one attached hydrogen (secondary N) is 1. The first-order valence-corrected chi connectivity index (χ1v) is 10.5. The molecule has 0 bridgehead atoms. The van der Waals surface area contributed by atoms with Crippen LogP contribution in [0.3, 0.4) is 0 Å². The molecule has 2 rings (SSSR count). The predicted molar refractivity (Wildman–Crippen MR) is 110 cm³/mol. The fourth-order valence-electron chi connectivity index (χ4n) is 2.68. The van der Waals surface area contributed by atoms with Crippen LogP contribution in [0.5, 0.6) is 0 Å². The van der Waals surface area contributed by atoms with Gasteiger partial charge in [-0.05, 0) is 56.5 Å². The molecule has 0 aliphatic rings. The molecule has 6 heteroatoms. The third-order valence-electron chi connectivity index (χ3n) is 4.19. The number of anilines is 1. The monoisotopic (exact) mass is 388 g/mol. The van der Waals surface area contributed by atoms with Gasteiger partial charge in [-0.2, -0.15) is 0 Å². The molecule has 0 saturated heterocycles. The molecule has 0 aliphatic heterocycles. The van der Waals surface area contributed by atoms with E-state index in [2.05, 4.69) is 19.2 Å². The van der Waals surface area contributed by atoms with Crippen molar-refractivity contribution in [3.63, 3.8) is 0 Å².